The van der Waals surface area contributed by atoms with Crippen molar-refractivity contribution in [3.63, 3.8) is 0 Å². The van der Waals surface area contributed by atoms with Crippen LogP contribution in [0.2, 0.25) is 0 Å². The van der Waals surface area contributed by atoms with Gasteiger partial charge < -0.3 is 19.7 Å². The van der Waals surface area contributed by atoms with Crippen LogP contribution in [-0.4, -0.2) is 34.4 Å². The zero-order valence-electron chi connectivity index (χ0n) is 25.0. The van der Waals surface area contributed by atoms with Crippen LogP contribution in [0.1, 0.15) is 117 Å². The molecule has 0 saturated carbocycles. The Morgan fingerprint density at radius 3 is 1.20 bits per heavy atom. The van der Waals surface area contributed by atoms with E-state index in [0.29, 0.717) is 24.3 Å². The molecule has 41 heavy (non-hydrogen) atoms. The fraction of sp³-hybridized carbons (Fsp3) is 0.588. The molecule has 2 aromatic rings. The van der Waals surface area contributed by atoms with Crippen molar-refractivity contribution in [3.05, 3.63) is 48.5 Å². The van der Waals surface area contributed by atoms with Gasteiger partial charge in [-0.15, -0.1) is 0 Å². The maximum Gasteiger partial charge on any atom is 0.344 e. The molecule has 0 aliphatic carbocycles. The molecule has 0 aliphatic rings. The number of unbranched alkanes of at least 4 members (excludes halogenated alkanes) is 12. The molecule has 0 amide bonds. The number of carbonyl (C=O) groups is 2. The molecule has 2 unspecified atom stereocenters. The fourth-order valence-corrected chi connectivity index (χ4v) is 5.49. The van der Waals surface area contributed by atoms with Gasteiger partial charge in [0, 0.05) is 9.79 Å². The molecule has 0 saturated heterocycles. The summed E-state index contributed by atoms with van der Waals surface area (Å²) < 4.78 is 11.6. The van der Waals surface area contributed by atoms with Crippen LogP contribution < -0.4 is 9.47 Å². The topological polar surface area (TPSA) is 93.1 Å². The molecule has 0 aromatic heterocycles. The maximum atomic E-state index is 11.7. The highest BCUT2D eigenvalue weighted by molar-refractivity contribution is 7.99. The summed E-state index contributed by atoms with van der Waals surface area (Å²) in [6.07, 6.45) is 15.3. The third-order valence-corrected chi connectivity index (χ3v) is 8.15. The van der Waals surface area contributed by atoms with Crippen molar-refractivity contribution in [3.8, 4) is 11.5 Å². The average Bonchev–Trinajstić information content (AvgIpc) is 2.96. The van der Waals surface area contributed by atoms with Crippen molar-refractivity contribution in [2.45, 2.75) is 139 Å². The minimum atomic E-state index is -0.927. The lowest BCUT2D eigenvalue weighted by atomic mass is 10.1. The summed E-state index contributed by atoms with van der Waals surface area (Å²) in [5.74, 6) is -0.753. The van der Waals surface area contributed by atoms with E-state index in [1.807, 2.05) is 48.5 Å². The predicted molar refractivity (Wildman–Crippen MR) is 166 cm³/mol. The van der Waals surface area contributed by atoms with Gasteiger partial charge in [0.1, 0.15) is 11.5 Å². The van der Waals surface area contributed by atoms with Gasteiger partial charge in [-0.3, -0.25) is 0 Å². The Kier molecular flexibility index (Phi) is 17.8. The zero-order chi connectivity index (χ0) is 29.7. The van der Waals surface area contributed by atoms with Gasteiger partial charge in [-0.2, -0.15) is 0 Å². The Balaban J connectivity index is 1.78. The van der Waals surface area contributed by atoms with E-state index in [9.17, 15) is 19.8 Å². The number of hydrogen-bond donors (Lipinski definition) is 2. The number of aliphatic carboxylic acids is 2. The van der Waals surface area contributed by atoms with Crippen LogP contribution in [-0.2, 0) is 9.59 Å². The molecule has 0 spiro atoms. The first-order valence-corrected chi connectivity index (χ1v) is 16.4. The first-order chi connectivity index (χ1) is 19.9. The number of carboxylic acids is 2. The van der Waals surface area contributed by atoms with E-state index >= 15 is 0 Å². The highest BCUT2D eigenvalue weighted by Crippen LogP contribution is 2.31. The van der Waals surface area contributed by atoms with Crippen LogP contribution in [0.25, 0.3) is 0 Å². The van der Waals surface area contributed by atoms with Crippen molar-refractivity contribution >= 4 is 23.7 Å². The van der Waals surface area contributed by atoms with Crippen molar-refractivity contribution in [1.82, 2.24) is 0 Å². The predicted octanol–water partition coefficient (Wildman–Crippen LogP) is 9.78. The van der Waals surface area contributed by atoms with Gasteiger partial charge in [0.25, 0.3) is 0 Å². The van der Waals surface area contributed by atoms with Crippen molar-refractivity contribution in [1.29, 1.82) is 0 Å². The molecule has 0 heterocycles. The summed E-state index contributed by atoms with van der Waals surface area (Å²) in [4.78, 5) is 25.4. The molecule has 0 aliphatic heterocycles. The zero-order valence-corrected chi connectivity index (χ0v) is 25.8. The first-order valence-electron chi connectivity index (χ1n) is 15.6. The standard InChI is InChI=1S/C34H50O6S/c1-3-5-7-9-11-13-15-17-31(33(35)36)39-27-19-23-29(24-20-27)41-30-25-21-28(22-26-30)40-32(34(37)38)18-16-14-12-10-8-6-4-2/h19-26,31-32H,3-18H2,1-2H3,(H,35,36)(H,37,38). The molecule has 2 N–H and O–H groups in total. The normalized spacial score (nSPS) is 12.5. The second-order valence-electron chi connectivity index (χ2n) is 10.8. The van der Waals surface area contributed by atoms with E-state index in [-0.39, 0.29) is 0 Å². The molecule has 2 aromatic carbocycles. The Morgan fingerprint density at radius 2 is 0.878 bits per heavy atom. The molecule has 0 radical (unpaired) electrons. The van der Waals surface area contributed by atoms with E-state index < -0.39 is 24.1 Å². The molecular weight excluding hydrogens is 536 g/mol. The first kappa shape index (κ1) is 34.5. The number of hydrogen-bond acceptors (Lipinski definition) is 5. The Morgan fingerprint density at radius 1 is 0.561 bits per heavy atom. The molecule has 0 fully saturated rings. The fourth-order valence-electron chi connectivity index (χ4n) is 4.68. The Hall–Kier alpha value is -2.67. The third kappa shape index (κ3) is 15.2. The van der Waals surface area contributed by atoms with Crippen molar-refractivity contribution in [2.24, 2.45) is 0 Å². The summed E-state index contributed by atoms with van der Waals surface area (Å²) in [6, 6.07) is 14.9. The Bertz CT molecular complexity index is 896. The van der Waals surface area contributed by atoms with Crippen molar-refractivity contribution < 1.29 is 29.3 Å². The van der Waals surface area contributed by atoms with Crippen LogP contribution in [0.4, 0.5) is 0 Å². The van der Waals surface area contributed by atoms with Gasteiger partial charge in [-0.1, -0.05) is 103 Å². The van der Waals surface area contributed by atoms with E-state index in [1.54, 1.807) is 11.8 Å². The number of carboxylic acid groups (broad SMARTS) is 2. The number of benzene rings is 2. The van der Waals surface area contributed by atoms with E-state index in [1.165, 1.54) is 51.4 Å². The molecule has 2 atom stereocenters. The largest absolute Gasteiger partial charge is 0.479 e. The van der Waals surface area contributed by atoms with Gasteiger partial charge in [-0.05, 0) is 74.2 Å². The van der Waals surface area contributed by atoms with Gasteiger partial charge in [0.2, 0.25) is 0 Å². The van der Waals surface area contributed by atoms with Crippen LogP contribution in [0, 0.1) is 0 Å². The lowest BCUT2D eigenvalue weighted by Crippen LogP contribution is -2.26. The summed E-state index contributed by atoms with van der Waals surface area (Å²) in [6.45, 7) is 4.40. The summed E-state index contributed by atoms with van der Waals surface area (Å²) >= 11 is 1.56. The molecule has 228 valence electrons. The summed E-state index contributed by atoms with van der Waals surface area (Å²) in [5.41, 5.74) is 0. The second kappa shape index (κ2) is 21.1. The van der Waals surface area contributed by atoms with Crippen LogP contribution in [0.5, 0.6) is 11.5 Å². The van der Waals surface area contributed by atoms with E-state index in [4.69, 9.17) is 9.47 Å². The monoisotopic (exact) mass is 586 g/mol. The number of ether oxygens (including phenoxy) is 2. The average molecular weight is 587 g/mol. The number of rotatable bonds is 24. The van der Waals surface area contributed by atoms with Gasteiger partial charge in [0.05, 0.1) is 0 Å². The van der Waals surface area contributed by atoms with Gasteiger partial charge >= 0.3 is 11.9 Å². The molecule has 0 bridgehead atoms. The van der Waals surface area contributed by atoms with Crippen molar-refractivity contribution in [2.75, 3.05) is 0 Å². The second-order valence-corrected chi connectivity index (χ2v) is 11.9. The minimum Gasteiger partial charge on any atom is -0.479 e. The SMILES string of the molecule is CCCCCCCCCC(Oc1ccc(Sc2ccc(OC(CCCCCCCCC)C(=O)O)cc2)cc1)C(=O)O. The van der Waals surface area contributed by atoms with Crippen LogP contribution in [0.15, 0.2) is 58.3 Å². The third-order valence-electron chi connectivity index (χ3n) is 7.13. The maximum absolute atomic E-state index is 11.7. The van der Waals surface area contributed by atoms with Gasteiger partial charge in [-0.25, -0.2) is 9.59 Å². The summed E-state index contributed by atoms with van der Waals surface area (Å²) in [5, 5.41) is 19.2. The van der Waals surface area contributed by atoms with Gasteiger partial charge in [0.15, 0.2) is 12.2 Å². The smallest absolute Gasteiger partial charge is 0.344 e. The van der Waals surface area contributed by atoms with E-state index in [2.05, 4.69) is 13.8 Å². The Labute approximate surface area is 251 Å². The van der Waals surface area contributed by atoms with E-state index in [0.717, 1.165) is 48.3 Å². The van der Waals surface area contributed by atoms with Crippen LogP contribution >= 0.6 is 11.8 Å². The highest BCUT2D eigenvalue weighted by Gasteiger charge is 2.20. The molecule has 2 rings (SSSR count). The minimum absolute atomic E-state index is 0.510. The van der Waals surface area contributed by atoms with Crippen LogP contribution in [0.3, 0.4) is 0 Å². The molecular formula is C34H50O6S. The molecule has 6 nitrogen and oxygen atoms in total. The quantitative estimate of drug-likeness (QED) is 0.118. The summed E-state index contributed by atoms with van der Waals surface area (Å²) in [7, 11) is 0. The lowest BCUT2D eigenvalue weighted by molar-refractivity contribution is -0.146. The molecule has 7 heteroatoms. The highest BCUT2D eigenvalue weighted by atomic mass is 32.2. The lowest BCUT2D eigenvalue weighted by Gasteiger charge is -2.16.